The minimum absolute atomic E-state index is 0.328. The molecule has 0 unspecified atom stereocenters. The van der Waals surface area contributed by atoms with Crippen molar-refractivity contribution in [2.45, 2.75) is 0 Å². The largest absolute Gasteiger partial charge is 0.465 e. The Labute approximate surface area is 133 Å². The molecule has 2 nitrogen and oxygen atoms in total. The number of hydrogen-bond donors (Lipinski definition) is 0. The van der Waals surface area contributed by atoms with Crippen molar-refractivity contribution in [3.63, 3.8) is 0 Å². The van der Waals surface area contributed by atoms with E-state index in [1.54, 1.807) is 18.2 Å². The third kappa shape index (κ3) is 5.79. The van der Waals surface area contributed by atoms with E-state index in [2.05, 4.69) is 39.4 Å². The van der Waals surface area contributed by atoms with E-state index in [0.717, 1.165) is 5.56 Å². The average Bonchev–Trinajstić information content (AvgIpc) is 2.56. The number of methoxy groups -OCH3 is 1. The first-order chi connectivity index (χ1) is 10.2. The fourth-order valence-corrected chi connectivity index (χ4v) is 1.91. The summed E-state index contributed by atoms with van der Waals surface area (Å²) in [5.41, 5.74) is 2.56. The monoisotopic (exact) mass is 344 g/mol. The third-order valence-corrected chi connectivity index (χ3v) is 2.91. The summed E-state index contributed by atoms with van der Waals surface area (Å²) in [5, 5.41) is 0. The Hall–Kier alpha value is -2.13. The molecule has 0 heterocycles. The van der Waals surface area contributed by atoms with Gasteiger partial charge in [-0.3, -0.25) is 0 Å². The summed E-state index contributed by atoms with van der Waals surface area (Å²) >= 11 is 3.21. The lowest BCUT2D eigenvalue weighted by atomic mass is 10.1. The molecule has 108 valence electrons. The van der Waals surface area contributed by atoms with Crippen LogP contribution in [0.4, 0.5) is 0 Å². The topological polar surface area (TPSA) is 26.3 Å². The molecule has 3 heteroatoms. The van der Waals surface area contributed by atoms with E-state index in [1.165, 1.54) is 12.7 Å². The number of benzene rings is 2. The van der Waals surface area contributed by atoms with Crippen molar-refractivity contribution in [2.75, 3.05) is 7.11 Å². The van der Waals surface area contributed by atoms with Crippen LogP contribution in [0.5, 0.6) is 0 Å². The lowest BCUT2D eigenvalue weighted by Crippen LogP contribution is -2.02. The molecule has 0 N–H and O–H groups in total. The number of ether oxygens (including phenoxy) is 1. The molecule has 21 heavy (non-hydrogen) atoms. The highest BCUT2D eigenvalue weighted by Crippen LogP contribution is 2.10. The van der Waals surface area contributed by atoms with Crippen LogP contribution >= 0.6 is 15.9 Å². The summed E-state index contributed by atoms with van der Waals surface area (Å²) in [6, 6.07) is 17.3. The SMILES string of the molecule is BrC=Cc1ccccc1.C=Cc1ccccc1C(=O)OC. The van der Waals surface area contributed by atoms with Crippen LogP contribution in [0, 0.1) is 0 Å². The van der Waals surface area contributed by atoms with Crippen LogP contribution in [0.2, 0.25) is 0 Å². The number of halogens is 1. The molecule has 0 saturated carbocycles. The maximum Gasteiger partial charge on any atom is 0.338 e. The van der Waals surface area contributed by atoms with Crippen molar-refractivity contribution < 1.29 is 9.53 Å². The zero-order chi connectivity index (χ0) is 15.5. The highest BCUT2D eigenvalue weighted by Gasteiger charge is 2.07. The lowest BCUT2D eigenvalue weighted by molar-refractivity contribution is 0.0600. The third-order valence-electron chi connectivity index (χ3n) is 2.64. The quantitative estimate of drug-likeness (QED) is 0.718. The average molecular weight is 345 g/mol. The van der Waals surface area contributed by atoms with Crippen molar-refractivity contribution in [1.29, 1.82) is 0 Å². The molecule has 0 spiro atoms. The molecule has 0 atom stereocenters. The van der Waals surface area contributed by atoms with Gasteiger partial charge in [-0.2, -0.15) is 0 Å². The van der Waals surface area contributed by atoms with Crippen LogP contribution in [-0.2, 0) is 4.74 Å². The molecule has 0 aliphatic carbocycles. The van der Waals surface area contributed by atoms with Gasteiger partial charge in [-0.1, -0.05) is 77.1 Å². The Bertz CT molecular complexity index is 604. The number of hydrogen-bond acceptors (Lipinski definition) is 2. The van der Waals surface area contributed by atoms with Gasteiger partial charge in [-0.15, -0.1) is 0 Å². The molecular formula is C18H17BrO2. The Morgan fingerprint density at radius 1 is 1.10 bits per heavy atom. The molecule has 0 aromatic heterocycles. The maximum absolute atomic E-state index is 11.1. The number of rotatable bonds is 3. The van der Waals surface area contributed by atoms with Crippen LogP contribution in [0.3, 0.4) is 0 Å². The Morgan fingerprint density at radius 3 is 2.29 bits per heavy atom. The first kappa shape index (κ1) is 16.9. The maximum atomic E-state index is 11.1. The van der Waals surface area contributed by atoms with E-state index in [0.29, 0.717) is 5.56 Å². The van der Waals surface area contributed by atoms with E-state index in [1.807, 2.05) is 41.4 Å². The van der Waals surface area contributed by atoms with Gasteiger partial charge in [0.15, 0.2) is 0 Å². The van der Waals surface area contributed by atoms with Crippen molar-refractivity contribution in [3.8, 4) is 0 Å². The normalized spacial score (nSPS) is 9.62. The van der Waals surface area contributed by atoms with Crippen molar-refractivity contribution in [2.24, 2.45) is 0 Å². The zero-order valence-corrected chi connectivity index (χ0v) is 13.4. The highest BCUT2D eigenvalue weighted by molar-refractivity contribution is 9.11. The minimum atomic E-state index is -0.328. The molecule has 0 fully saturated rings. The smallest absolute Gasteiger partial charge is 0.338 e. The molecular weight excluding hydrogens is 328 g/mol. The van der Waals surface area contributed by atoms with E-state index in [9.17, 15) is 4.79 Å². The first-order valence-electron chi connectivity index (χ1n) is 6.34. The van der Waals surface area contributed by atoms with E-state index < -0.39 is 0 Å². The van der Waals surface area contributed by atoms with Gasteiger partial charge in [0.2, 0.25) is 0 Å². The molecule has 0 saturated heterocycles. The van der Waals surface area contributed by atoms with E-state index >= 15 is 0 Å². The van der Waals surface area contributed by atoms with Crippen molar-refractivity contribution in [3.05, 3.63) is 82.9 Å². The molecule has 0 bridgehead atoms. The van der Waals surface area contributed by atoms with Crippen LogP contribution in [0.1, 0.15) is 21.5 Å². The molecule has 0 aliphatic rings. The van der Waals surface area contributed by atoms with E-state index in [-0.39, 0.29) is 5.97 Å². The number of carbonyl (C=O) groups is 1. The Morgan fingerprint density at radius 2 is 1.71 bits per heavy atom. The second-order valence-corrected chi connectivity index (χ2v) is 4.51. The summed E-state index contributed by atoms with van der Waals surface area (Å²) in [6.45, 7) is 3.60. The molecule has 2 rings (SSSR count). The van der Waals surface area contributed by atoms with Crippen LogP contribution in [0.25, 0.3) is 12.2 Å². The Kier molecular flexibility index (Phi) is 7.84. The highest BCUT2D eigenvalue weighted by atomic mass is 79.9. The summed E-state index contributed by atoms with van der Waals surface area (Å²) in [7, 11) is 1.36. The zero-order valence-electron chi connectivity index (χ0n) is 11.8. The molecule has 0 radical (unpaired) electrons. The minimum Gasteiger partial charge on any atom is -0.465 e. The fourth-order valence-electron chi connectivity index (χ4n) is 1.61. The van der Waals surface area contributed by atoms with E-state index in [4.69, 9.17) is 0 Å². The van der Waals surface area contributed by atoms with Crippen molar-refractivity contribution >= 4 is 34.1 Å². The molecule has 2 aromatic rings. The van der Waals surface area contributed by atoms with Crippen molar-refractivity contribution in [1.82, 2.24) is 0 Å². The predicted octanol–water partition coefficient (Wildman–Crippen LogP) is 5.17. The molecule has 2 aromatic carbocycles. The summed E-state index contributed by atoms with van der Waals surface area (Å²) in [5.74, 6) is -0.328. The van der Waals surface area contributed by atoms with Crippen LogP contribution in [-0.4, -0.2) is 13.1 Å². The first-order valence-corrected chi connectivity index (χ1v) is 7.26. The standard InChI is InChI=1S/C10H10O2.C8H7Br/c1-3-8-6-4-5-7-9(8)10(11)12-2;9-7-6-8-4-2-1-3-5-8/h3-7H,1H2,2H3;1-7H. The number of esters is 1. The fraction of sp³-hybridized carbons (Fsp3) is 0.0556. The van der Waals surface area contributed by atoms with Gasteiger partial charge in [-0.05, 0) is 28.3 Å². The van der Waals surface area contributed by atoms with Gasteiger partial charge in [0.05, 0.1) is 12.7 Å². The van der Waals surface area contributed by atoms with Gasteiger partial charge >= 0.3 is 5.97 Å². The molecule has 0 aliphatic heterocycles. The molecule has 0 amide bonds. The lowest BCUT2D eigenvalue weighted by Gasteiger charge is -2.01. The second-order valence-electron chi connectivity index (χ2n) is 3.99. The second kappa shape index (κ2) is 9.72. The summed E-state index contributed by atoms with van der Waals surface area (Å²) < 4.78 is 4.59. The van der Waals surface area contributed by atoms with Crippen LogP contribution < -0.4 is 0 Å². The van der Waals surface area contributed by atoms with Crippen LogP contribution in [0.15, 0.2) is 66.2 Å². The Balaban J connectivity index is 0.000000219. The summed E-state index contributed by atoms with van der Waals surface area (Å²) in [6.07, 6.45) is 3.63. The van der Waals surface area contributed by atoms with Gasteiger partial charge in [-0.25, -0.2) is 4.79 Å². The van der Waals surface area contributed by atoms with Gasteiger partial charge in [0.1, 0.15) is 0 Å². The van der Waals surface area contributed by atoms with Gasteiger partial charge < -0.3 is 4.74 Å². The van der Waals surface area contributed by atoms with Gasteiger partial charge in [0, 0.05) is 0 Å². The number of carbonyl (C=O) groups excluding carboxylic acids is 1. The van der Waals surface area contributed by atoms with Gasteiger partial charge in [0.25, 0.3) is 0 Å². The summed E-state index contributed by atoms with van der Waals surface area (Å²) in [4.78, 5) is 13.0. The predicted molar refractivity (Wildman–Crippen MR) is 92.3 cm³/mol.